The lowest BCUT2D eigenvalue weighted by Gasteiger charge is -2.18. The van der Waals surface area contributed by atoms with Crippen molar-refractivity contribution in [2.75, 3.05) is 18.4 Å². The molecular weight excluding hydrogens is 354 g/mol. The highest BCUT2D eigenvalue weighted by molar-refractivity contribution is 5.95. The molecule has 0 aliphatic rings. The van der Waals surface area contributed by atoms with Gasteiger partial charge in [-0.15, -0.1) is 0 Å². The third kappa shape index (κ3) is 4.34. The number of nitrogens with zero attached hydrogens (tertiary/aromatic N) is 1. The molecule has 1 atom stereocenters. The van der Waals surface area contributed by atoms with E-state index >= 15 is 0 Å². The first-order valence-electron chi connectivity index (χ1n) is 9.47. The van der Waals surface area contributed by atoms with E-state index < -0.39 is 0 Å². The summed E-state index contributed by atoms with van der Waals surface area (Å²) in [5.41, 5.74) is 2.01. The van der Waals surface area contributed by atoms with Gasteiger partial charge in [0.1, 0.15) is 11.3 Å². The van der Waals surface area contributed by atoms with Crippen molar-refractivity contribution in [1.82, 2.24) is 10.2 Å². The quantitative estimate of drug-likeness (QED) is 0.646. The van der Waals surface area contributed by atoms with Crippen LogP contribution in [0.5, 0.6) is 0 Å². The number of benzene rings is 2. The van der Waals surface area contributed by atoms with E-state index in [2.05, 4.69) is 10.6 Å². The molecule has 0 aliphatic heterocycles. The fourth-order valence-corrected chi connectivity index (χ4v) is 3.04. The molecule has 2 aromatic carbocycles. The van der Waals surface area contributed by atoms with Crippen molar-refractivity contribution in [3.63, 3.8) is 0 Å². The highest BCUT2D eigenvalue weighted by Gasteiger charge is 2.15. The number of para-hydroxylation sites is 1. The Bertz CT molecular complexity index is 926. The molecule has 0 radical (unpaired) electrons. The topological polar surface area (TPSA) is 74.6 Å². The van der Waals surface area contributed by atoms with E-state index in [1.54, 1.807) is 29.2 Å². The van der Waals surface area contributed by atoms with Crippen molar-refractivity contribution in [3.05, 3.63) is 65.9 Å². The Morgan fingerprint density at radius 1 is 1.04 bits per heavy atom. The molecule has 0 aliphatic carbocycles. The Hall–Kier alpha value is -3.28. The average Bonchev–Trinajstić information content (AvgIpc) is 3.14. The van der Waals surface area contributed by atoms with Gasteiger partial charge in [-0.25, -0.2) is 4.79 Å². The molecular formula is C22H25N3O3. The minimum Gasteiger partial charge on any atom is -0.459 e. The van der Waals surface area contributed by atoms with Crippen molar-refractivity contribution >= 4 is 28.6 Å². The van der Waals surface area contributed by atoms with Crippen LogP contribution < -0.4 is 10.6 Å². The fraction of sp³-hybridized carbons (Fsp3) is 0.273. The molecule has 0 unspecified atom stereocenters. The Morgan fingerprint density at radius 3 is 2.36 bits per heavy atom. The number of fused-ring (bicyclic) bond motifs is 1. The molecule has 3 aromatic rings. The van der Waals surface area contributed by atoms with Crippen LogP contribution >= 0.6 is 0 Å². The van der Waals surface area contributed by atoms with Gasteiger partial charge < -0.3 is 20.0 Å². The largest absolute Gasteiger partial charge is 0.459 e. The summed E-state index contributed by atoms with van der Waals surface area (Å²) in [6, 6.07) is 15.9. The molecule has 0 fully saturated rings. The van der Waals surface area contributed by atoms with E-state index in [-0.39, 0.29) is 18.0 Å². The Balaban J connectivity index is 1.60. The van der Waals surface area contributed by atoms with Crippen LogP contribution in [0.15, 0.2) is 59.0 Å². The smallest absolute Gasteiger partial charge is 0.319 e. The summed E-state index contributed by atoms with van der Waals surface area (Å²) in [7, 11) is 0. The zero-order chi connectivity index (χ0) is 20.1. The zero-order valence-electron chi connectivity index (χ0n) is 16.4. The molecule has 146 valence electrons. The van der Waals surface area contributed by atoms with Crippen LogP contribution in [0.4, 0.5) is 10.5 Å². The molecule has 0 saturated heterocycles. The van der Waals surface area contributed by atoms with E-state index in [9.17, 15) is 9.59 Å². The van der Waals surface area contributed by atoms with E-state index in [1.807, 2.05) is 51.1 Å². The van der Waals surface area contributed by atoms with Gasteiger partial charge in [-0.3, -0.25) is 4.79 Å². The molecule has 6 heteroatoms. The number of hydrogen-bond acceptors (Lipinski definition) is 3. The standard InChI is InChI=1S/C22H25N3O3/c1-4-25(5-2)21(26)16-10-12-18(13-11-16)24-22(27)23-15(3)20-14-17-8-6-7-9-19(17)28-20/h6-15H,4-5H2,1-3H3,(H2,23,24,27)/t15-/m0/s1. The second-order valence-electron chi connectivity index (χ2n) is 6.56. The van der Waals surface area contributed by atoms with Crippen molar-refractivity contribution in [3.8, 4) is 0 Å². The Kier molecular flexibility index (Phi) is 5.99. The summed E-state index contributed by atoms with van der Waals surface area (Å²) < 4.78 is 5.78. The third-order valence-electron chi connectivity index (χ3n) is 4.66. The summed E-state index contributed by atoms with van der Waals surface area (Å²) in [5.74, 6) is 0.677. The van der Waals surface area contributed by atoms with E-state index in [4.69, 9.17) is 4.42 Å². The van der Waals surface area contributed by atoms with Crippen molar-refractivity contribution in [2.45, 2.75) is 26.8 Å². The second-order valence-corrected chi connectivity index (χ2v) is 6.56. The predicted octanol–water partition coefficient (Wildman–Crippen LogP) is 4.80. The maximum absolute atomic E-state index is 12.3. The fourth-order valence-electron chi connectivity index (χ4n) is 3.04. The number of carbonyl (C=O) groups is 2. The molecule has 0 saturated carbocycles. The van der Waals surface area contributed by atoms with Crippen LogP contribution in [-0.2, 0) is 0 Å². The van der Waals surface area contributed by atoms with Crippen LogP contribution in [0.1, 0.15) is 42.9 Å². The van der Waals surface area contributed by atoms with Crippen LogP contribution in [0.3, 0.4) is 0 Å². The van der Waals surface area contributed by atoms with Gasteiger partial charge in [0, 0.05) is 29.7 Å². The molecule has 2 N–H and O–H groups in total. The number of carbonyl (C=O) groups excluding carboxylic acids is 2. The van der Waals surface area contributed by atoms with Gasteiger partial charge in [-0.05, 0) is 57.2 Å². The van der Waals surface area contributed by atoms with Crippen LogP contribution in [0.2, 0.25) is 0 Å². The SMILES string of the molecule is CCN(CC)C(=O)c1ccc(NC(=O)N[C@@H](C)c2cc3ccccc3o2)cc1. The lowest BCUT2D eigenvalue weighted by atomic mass is 10.2. The summed E-state index contributed by atoms with van der Waals surface area (Å²) in [4.78, 5) is 26.4. The molecule has 28 heavy (non-hydrogen) atoms. The minimum absolute atomic E-state index is 0.0143. The highest BCUT2D eigenvalue weighted by atomic mass is 16.3. The first kappa shape index (κ1) is 19.5. The third-order valence-corrected chi connectivity index (χ3v) is 4.66. The summed E-state index contributed by atoms with van der Waals surface area (Å²) in [6.07, 6.45) is 0. The van der Waals surface area contributed by atoms with Crippen LogP contribution in [0.25, 0.3) is 11.0 Å². The van der Waals surface area contributed by atoms with Gasteiger partial charge in [-0.1, -0.05) is 18.2 Å². The monoisotopic (exact) mass is 379 g/mol. The second kappa shape index (κ2) is 8.61. The van der Waals surface area contributed by atoms with E-state index in [1.165, 1.54) is 0 Å². The van der Waals surface area contributed by atoms with Gasteiger partial charge >= 0.3 is 6.03 Å². The predicted molar refractivity (Wildman–Crippen MR) is 110 cm³/mol. The molecule has 0 spiro atoms. The summed E-state index contributed by atoms with van der Waals surface area (Å²) in [6.45, 7) is 7.09. The van der Waals surface area contributed by atoms with E-state index in [0.717, 1.165) is 11.0 Å². The Morgan fingerprint density at radius 2 is 1.71 bits per heavy atom. The normalized spacial score (nSPS) is 11.8. The van der Waals surface area contributed by atoms with Crippen molar-refractivity contribution in [2.24, 2.45) is 0 Å². The number of furan rings is 1. The molecule has 1 aromatic heterocycles. The number of anilines is 1. The van der Waals surface area contributed by atoms with Gasteiger partial charge in [0.05, 0.1) is 6.04 Å². The highest BCUT2D eigenvalue weighted by Crippen LogP contribution is 2.23. The van der Waals surface area contributed by atoms with Crippen molar-refractivity contribution < 1.29 is 14.0 Å². The van der Waals surface area contributed by atoms with Gasteiger partial charge in [-0.2, -0.15) is 0 Å². The lowest BCUT2D eigenvalue weighted by molar-refractivity contribution is 0.0773. The average molecular weight is 379 g/mol. The first-order valence-corrected chi connectivity index (χ1v) is 9.47. The Labute approximate surface area is 164 Å². The summed E-state index contributed by atoms with van der Waals surface area (Å²) in [5, 5.41) is 6.64. The minimum atomic E-state index is -0.337. The molecule has 1 heterocycles. The molecule has 0 bridgehead atoms. The molecule has 3 rings (SSSR count). The van der Waals surface area contributed by atoms with Gasteiger partial charge in [0.15, 0.2) is 0 Å². The number of hydrogen-bond donors (Lipinski definition) is 2. The van der Waals surface area contributed by atoms with Gasteiger partial charge in [0.25, 0.3) is 5.91 Å². The number of urea groups is 1. The summed E-state index contributed by atoms with van der Waals surface area (Å²) >= 11 is 0. The van der Waals surface area contributed by atoms with Crippen molar-refractivity contribution in [1.29, 1.82) is 0 Å². The molecule has 6 nitrogen and oxygen atoms in total. The maximum atomic E-state index is 12.3. The zero-order valence-corrected chi connectivity index (χ0v) is 16.4. The van der Waals surface area contributed by atoms with Crippen LogP contribution in [-0.4, -0.2) is 29.9 Å². The first-order chi connectivity index (χ1) is 13.5. The number of amides is 3. The number of rotatable bonds is 6. The lowest BCUT2D eigenvalue weighted by Crippen LogP contribution is -2.31. The number of nitrogens with one attached hydrogen (secondary N) is 2. The van der Waals surface area contributed by atoms with Crippen LogP contribution in [0, 0.1) is 0 Å². The van der Waals surface area contributed by atoms with E-state index in [0.29, 0.717) is 30.1 Å². The van der Waals surface area contributed by atoms with Gasteiger partial charge in [0.2, 0.25) is 0 Å². The molecule has 3 amide bonds. The maximum Gasteiger partial charge on any atom is 0.319 e.